The maximum Gasteiger partial charge on any atom is 0.0932 e. The molecule has 0 aliphatic heterocycles. The molecule has 1 atom stereocenters. The van der Waals surface area contributed by atoms with Crippen LogP contribution in [0.25, 0.3) is 22.2 Å². The Labute approximate surface area is 111 Å². The lowest BCUT2D eigenvalue weighted by atomic mass is 10.1. The summed E-state index contributed by atoms with van der Waals surface area (Å²) in [4.78, 5) is 8.93. The Morgan fingerprint density at radius 2 is 1.79 bits per heavy atom. The van der Waals surface area contributed by atoms with E-state index in [-0.39, 0.29) is 0 Å². The molecule has 0 unspecified atom stereocenters. The zero-order valence-electron chi connectivity index (χ0n) is 10.6. The molecule has 2 aromatic heterocycles. The molecule has 0 aliphatic rings. The monoisotopic (exact) mass is 250 g/mol. The van der Waals surface area contributed by atoms with Gasteiger partial charge in [-0.2, -0.15) is 0 Å². The minimum atomic E-state index is -0.567. The van der Waals surface area contributed by atoms with Crippen molar-refractivity contribution >= 4 is 10.9 Å². The van der Waals surface area contributed by atoms with E-state index in [4.69, 9.17) is 0 Å². The minimum absolute atomic E-state index is 0.567. The molecular weight excluding hydrogens is 236 g/mol. The van der Waals surface area contributed by atoms with Gasteiger partial charge in [0.15, 0.2) is 0 Å². The summed E-state index contributed by atoms with van der Waals surface area (Å²) in [5.41, 5.74) is 3.42. The number of aliphatic hydroxyl groups excluding tert-OH is 1. The Morgan fingerprint density at radius 1 is 1.00 bits per heavy atom. The molecule has 0 saturated heterocycles. The van der Waals surface area contributed by atoms with Gasteiger partial charge in [-0.1, -0.05) is 30.3 Å². The molecule has 0 radical (unpaired) electrons. The van der Waals surface area contributed by atoms with Crippen LogP contribution in [0.3, 0.4) is 0 Å². The summed E-state index contributed by atoms with van der Waals surface area (Å²) in [6, 6.07) is 15.7. The lowest BCUT2D eigenvalue weighted by Gasteiger charge is -2.08. The fourth-order valence-electron chi connectivity index (χ4n) is 2.15. The molecule has 0 fully saturated rings. The van der Waals surface area contributed by atoms with Crippen molar-refractivity contribution < 1.29 is 5.11 Å². The van der Waals surface area contributed by atoms with Gasteiger partial charge < -0.3 is 5.11 Å². The van der Waals surface area contributed by atoms with E-state index in [0.29, 0.717) is 5.69 Å². The van der Waals surface area contributed by atoms with Crippen LogP contribution in [0.5, 0.6) is 0 Å². The van der Waals surface area contributed by atoms with Gasteiger partial charge in [-0.05, 0) is 25.1 Å². The van der Waals surface area contributed by atoms with Crippen molar-refractivity contribution in [3.63, 3.8) is 0 Å². The van der Waals surface area contributed by atoms with E-state index in [1.165, 1.54) is 0 Å². The van der Waals surface area contributed by atoms with Gasteiger partial charge in [-0.3, -0.25) is 9.97 Å². The topological polar surface area (TPSA) is 46.0 Å². The second kappa shape index (κ2) is 4.78. The second-order valence-corrected chi connectivity index (χ2v) is 4.50. The first-order valence-corrected chi connectivity index (χ1v) is 6.25. The molecule has 94 valence electrons. The molecule has 19 heavy (non-hydrogen) atoms. The zero-order valence-corrected chi connectivity index (χ0v) is 10.6. The highest BCUT2D eigenvalue weighted by Gasteiger charge is 2.08. The van der Waals surface area contributed by atoms with Crippen molar-refractivity contribution in [3.8, 4) is 11.3 Å². The smallest absolute Gasteiger partial charge is 0.0932 e. The number of benzene rings is 1. The minimum Gasteiger partial charge on any atom is -0.387 e. The van der Waals surface area contributed by atoms with Crippen LogP contribution < -0.4 is 0 Å². The predicted octanol–water partition coefficient (Wildman–Crippen LogP) is 3.35. The van der Waals surface area contributed by atoms with Crippen LogP contribution in [0.2, 0.25) is 0 Å². The first kappa shape index (κ1) is 11.8. The SMILES string of the molecule is C[C@H](O)c1cccc(-c2cccc3cccnc23)n1. The molecule has 0 amide bonds. The summed E-state index contributed by atoms with van der Waals surface area (Å²) in [7, 11) is 0. The highest BCUT2D eigenvalue weighted by Crippen LogP contribution is 2.26. The quantitative estimate of drug-likeness (QED) is 0.758. The van der Waals surface area contributed by atoms with E-state index in [1.807, 2.05) is 48.5 Å². The lowest BCUT2D eigenvalue weighted by Crippen LogP contribution is -1.97. The number of hydrogen-bond acceptors (Lipinski definition) is 3. The maximum atomic E-state index is 9.63. The number of para-hydroxylation sites is 1. The van der Waals surface area contributed by atoms with Gasteiger partial charge in [0.25, 0.3) is 0 Å². The third-order valence-corrected chi connectivity index (χ3v) is 3.11. The average molecular weight is 250 g/mol. The number of aromatic nitrogens is 2. The molecule has 1 aromatic carbocycles. The normalized spacial score (nSPS) is 12.5. The Hall–Kier alpha value is -2.26. The summed E-state index contributed by atoms with van der Waals surface area (Å²) in [6.45, 7) is 1.72. The van der Waals surface area contributed by atoms with Crippen LogP contribution in [0.1, 0.15) is 18.7 Å². The molecule has 3 nitrogen and oxygen atoms in total. The third kappa shape index (κ3) is 2.20. The van der Waals surface area contributed by atoms with E-state index >= 15 is 0 Å². The molecule has 0 spiro atoms. The van der Waals surface area contributed by atoms with Crippen molar-refractivity contribution in [2.75, 3.05) is 0 Å². The van der Waals surface area contributed by atoms with Crippen molar-refractivity contribution in [1.29, 1.82) is 0 Å². The van der Waals surface area contributed by atoms with Crippen molar-refractivity contribution in [2.24, 2.45) is 0 Å². The Kier molecular flexibility index (Phi) is 2.97. The van der Waals surface area contributed by atoms with Gasteiger partial charge in [-0.15, -0.1) is 0 Å². The fraction of sp³-hybridized carbons (Fsp3) is 0.125. The summed E-state index contributed by atoms with van der Waals surface area (Å²) in [5, 5.41) is 10.7. The van der Waals surface area contributed by atoms with Crippen LogP contribution in [0.4, 0.5) is 0 Å². The molecule has 0 aliphatic carbocycles. The Morgan fingerprint density at radius 3 is 2.63 bits per heavy atom. The van der Waals surface area contributed by atoms with Crippen LogP contribution in [-0.2, 0) is 0 Å². The van der Waals surface area contributed by atoms with Gasteiger partial charge in [0.1, 0.15) is 0 Å². The number of fused-ring (bicyclic) bond motifs is 1. The summed E-state index contributed by atoms with van der Waals surface area (Å²) < 4.78 is 0. The van der Waals surface area contributed by atoms with Gasteiger partial charge in [0.05, 0.1) is 23.0 Å². The number of rotatable bonds is 2. The maximum absolute atomic E-state index is 9.63. The zero-order chi connectivity index (χ0) is 13.2. The van der Waals surface area contributed by atoms with Gasteiger partial charge >= 0.3 is 0 Å². The second-order valence-electron chi connectivity index (χ2n) is 4.50. The molecule has 1 N–H and O–H groups in total. The van der Waals surface area contributed by atoms with Gasteiger partial charge in [0.2, 0.25) is 0 Å². The molecule has 0 bridgehead atoms. The number of nitrogens with zero attached hydrogens (tertiary/aromatic N) is 2. The van der Waals surface area contributed by atoms with Gasteiger partial charge in [0, 0.05) is 17.1 Å². The third-order valence-electron chi connectivity index (χ3n) is 3.11. The van der Waals surface area contributed by atoms with Crippen LogP contribution in [-0.4, -0.2) is 15.1 Å². The van der Waals surface area contributed by atoms with E-state index in [1.54, 1.807) is 13.1 Å². The van der Waals surface area contributed by atoms with Crippen LogP contribution in [0.15, 0.2) is 54.7 Å². The largest absolute Gasteiger partial charge is 0.387 e. The number of pyridine rings is 2. The molecule has 2 heterocycles. The van der Waals surface area contributed by atoms with Crippen LogP contribution >= 0.6 is 0 Å². The van der Waals surface area contributed by atoms with E-state index in [2.05, 4.69) is 9.97 Å². The van der Waals surface area contributed by atoms with Gasteiger partial charge in [-0.25, -0.2) is 0 Å². The van der Waals surface area contributed by atoms with Crippen molar-refractivity contribution in [2.45, 2.75) is 13.0 Å². The molecule has 0 saturated carbocycles. The predicted molar refractivity (Wildman–Crippen MR) is 75.6 cm³/mol. The van der Waals surface area contributed by atoms with E-state index < -0.39 is 6.10 Å². The average Bonchev–Trinajstić information content (AvgIpc) is 2.47. The number of hydrogen-bond donors (Lipinski definition) is 1. The number of aliphatic hydroxyl groups is 1. The lowest BCUT2D eigenvalue weighted by molar-refractivity contribution is 0.194. The molecule has 3 aromatic rings. The first-order valence-electron chi connectivity index (χ1n) is 6.25. The molecular formula is C16H14N2O. The van der Waals surface area contributed by atoms with E-state index in [9.17, 15) is 5.11 Å². The highest BCUT2D eigenvalue weighted by molar-refractivity contribution is 5.92. The highest BCUT2D eigenvalue weighted by atomic mass is 16.3. The summed E-state index contributed by atoms with van der Waals surface area (Å²) >= 11 is 0. The van der Waals surface area contributed by atoms with Crippen LogP contribution in [0, 0.1) is 0 Å². The van der Waals surface area contributed by atoms with E-state index in [0.717, 1.165) is 22.2 Å². The van der Waals surface area contributed by atoms with Crippen molar-refractivity contribution in [1.82, 2.24) is 9.97 Å². The standard InChI is InChI=1S/C16H14N2O/c1-11(19)14-8-3-9-15(18-14)13-7-2-5-12-6-4-10-17-16(12)13/h2-11,19H,1H3/t11-/m0/s1. The Bertz CT molecular complexity index is 717. The summed E-state index contributed by atoms with van der Waals surface area (Å²) in [5.74, 6) is 0. The summed E-state index contributed by atoms with van der Waals surface area (Å²) in [6.07, 6.45) is 1.22. The fourth-order valence-corrected chi connectivity index (χ4v) is 2.15. The Balaban J connectivity index is 2.22. The molecule has 3 rings (SSSR count). The van der Waals surface area contributed by atoms with Crippen molar-refractivity contribution in [3.05, 3.63) is 60.4 Å². The molecule has 3 heteroatoms. The first-order chi connectivity index (χ1) is 9.25.